The summed E-state index contributed by atoms with van der Waals surface area (Å²) in [6, 6.07) is 17.2. The van der Waals surface area contributed by atoms with Gasteiger partial charge in [0, 0.05) is 22.1 Å². The van der Waals surface area contributed by atoms with E-state index in [-0.39, 0.29) is 17.3 Å². The second-order valence-corrected chi connectivity index (χ2v) is 7.33. The summed E-state index contributed by atoms with van der Waals surface area (Å²) >= 11 is 1.34. The van der Waals surface area contributed by atoms with Crippen LogP contribution < -0.4 is 4.74 Å². The molecule has 148 valence electrons. The standard InChI is InChI=1S/C21H12N2O6S/c24-21-15-6-2-4-8-19(15)30-20(21)11-13-5-1-3-7-17(13)29-18-10-9-14(22(25)26)12-16(18)23(27)28/h1-12H/b20-11-. The van der Waals surface area contributed by atoms with E-state index < -0.39 is 21.2 Å². The van der Waals surface area contributed by atoms with E-state index >= 15 is 0 Å². The van der Waals surface area contributed by atoms with Crippen LogP contribution in [0.5, 0.6) is 11.5 Å². The summed E-state index contributed by atoms with van der Waals surface area (Å²) in [7, 11) is 0. The summed E-state index contributed by atoms with van der Waals surface area (Å²) in [5.41, 5.74) is 0.243. The smallest absolute Gasteiger partial charge is 0.318 e. The number of ketones is 1. The Kier molecular flexibility index (Phi) is 5.03. The van der Waals surface area contributed by atoms with Crippen LogP contribution in [-0.2, 0) is 0 Å². The van der Waals surface area contributed by atoms with Gasteiger partial charge in [-0.3, -0.25) is 25.0 Å². The first kappa shape index (κ1) is 19.3. The van der Waals surface area contributed by atoms with Crippen LogP contribution in [0, 0.1) is 20.2 Å². The molecule has 3 aromatic rings. The molecule has 0 aromatic heterocycles. The number of nitro benzene ring substituents is 2. The van der Waals surface area contributed by atoms with Crippen molar-refractivity contribution < 1.29 is 19.4 Å². The lowest BCUT2D eigenvalue weighted by atomic mass is 10.1. The van der Waals surface area contributed by atoms with E-state index in [4.69, 9.17) is 4.74 Å². The number of nitro groups is 2. The molecule has 8 nitrogen and oxygen atoms in total. The second kappa shape index (κ2) is 7.80. The summed E-state index contributed by atoms with van der Waals surface area (Å²) in [4.78, 5) is 34.8. The lowest BCUT2D eigenvalue weighted by Crippen LogP contribution is -1.97. The Morgan fingerprint density at radius 3 is 2.33 bits per heavy atom. The van der Waals surface area contributed by atoms with Gasteiger partial charge in [-0.1, -0.05) is 42.1 Å². The number of Topliss-reactive ketones (excluding diaryl/α,β-unsaturated/α-hetero) is 1. The molecular weight excluding hydrogens is 408 g/mol. The van der Waals surface area contributed by atoms with E-state index in [0.29, 0.717) is 16.0 Å². The zero-order valence-electron chi connectivity index (χ0n) is 15.2. The lowest BCUT2D eigenvalue weighted by molar-refractivity contribution is -0.394. The van der Waals surface area contributed by atoms with Crippen molar-refractivity contribution in [1.29, 1.82) is 0 Å². The van der Waals surface area contributed by atoms with Crippen molar-refractivity contribution in [3.63, 3.8) is 0 Å². The highest BCUT2D eigenvalue weighted by molar-refractivity contribution is 8.04. The van der Waals surface area contributed by atoms with E-state index in [2.05, 4.69) is 0 Å². The molecule has 0 spiro atoms. The molecule has 9 heteroatoms. The van der Waals surface area contributed by atoms with Crippen LogP contribution in [0.25, 0.3) is 6.08 Å². The van der Waals surface area contributed by atoms with Gasteiger partial charge < -0.3 is 4.74 Å². The topological polar surface area (TPSA) is 113 Å². The van der Waals surface area contributed by atoms with Gasteiger partial charge in [0.05, 0.1) is 20.8 Å². The number of non-ortho nitro benzene ring substituents is 1. The van der Waals surface area contributed by atoms with Crippen molar-refractivity contribution in [2.24, 2.45) is 0 Å². The van der Waals surface area contributed by atoms with Crippen molar-refractivity contribution in [2.75, 3.05) is 0 Å². The highest BCUT2D eigenvalue weighted by Gasteiger charge is 2.26. The van der Waals surface area contributed by atoms with Crippen LogP contribution >= 0.6 is 11.8 Å². The second-order valence-electron chi connectivity index (χ2n) is 6.24. The maximum Gasteiger partial charge on any atom is 0.318 e. The number of benzene rings is 3. The van der Waals surface area contributed by atoms with Crippen LogP contribution in [0.4, 0.5) is 11.4 Å². The number of thioether (sulfide) groups is 1. The first-order chi connectivity index (χ1) is 14.4. The fraction of sp³-hybridized carbons (Fsp3) is 0. The molecule has 30 heavy (non-hydrogen) atoms. The van der Waals surface area contributed by atoms with Crippen molar-refractivity contribution in [2.45, 2.75) is 4.90 Å². The minimum atomic E-state index is -0.740. The highest BCUT2D eigenvalue weighted by atomic mass is 32.2. The van der Waals surface area contributed by atoms with E-state index in [1.165, 1.54) is 17.8 Å². The highest BCUT2D eigenvalue weighted by Crippen LogP contribution is 2.42. The number of rotatable bonds is 5. The predicted octanol–water partition coefficient (Wildman–Crippen LogP) is 5.62. The summed E-state index contributed by atoms with van der Waals surface area (Å²) < 4.78 is 5.73. The van der Waals surface area contributed by atoms with Crippen LogP contribution in [0.3, 0.4) is 0 Å². The minimum absolute atomic E-state index is 0.105. The first-order valence-corrected chi connectivity index (χ1v) is 9.48. The Labute approximate surface area is 174 Å². The van der Waals surface area contributed by atoms with Gasteiger partial charge in [-0.25, -0.2) is 0 Å². The van der Waals surface area contributed by atoms with Crippen molar-refractivity contribution in [1.82, 2.24) is 0 Å². The number of ether oxygens (including phenoxy) is 1. The molecule has 0 aliphatic carbocycles. The molecule has 1 aliphatic rings. The van der Waals surface area contributed by atoms with Crippen LogP contribution in [0.1, 0.15) is 15.9 Å². The average molecular weight is 420 g/mol. The van der Waals surface area contributed by atoms with Gasteiger partial charge in [-0.05, 0) is 30.3 Å². The molecule has 1 aliphatic heterocycles. The maximum atomic E-state index is 12.6. The quantitative estimate of drug-likeness (QED) is 0.299. The van der Waals surface area contributed by atoms with Gasteiger partial charge in [-0.2, -0.15) is 0 Å². The monoisotopic (exact) mass is 420 g/mol. The SMILES string of the molecule is O=C1/C(=C/c2ccccc2Oc2ccc([N+](=O)[O-])cc2[N+](=O)[O-])Sc2ccccc21. The van der Waals surface area contributed by atoms with E-state index in [1.54, 1.807) is 42.5 Å². The fourth-order valence-electron chi connectivity index (χ4n) is 2.94. The minimum Gasteiger partial charge on any atom is -0.449 e. The zero-order valence-corrected chi connectivity index (χ0v) is 16.0. The summed E-state index contributed by atoms with van der Waals surface area (Å²) in [5, 5.41) is 22.3. The van der Waals surface area contributed by atoms with E-state index in [0.717, 1.165) is 17.0 Å². The van der Waals surface area contributed by atoms with Crippen LogP contribution in [-0.4, -0.2) is 15.6 Å². The maximum absolute atomic E-state index is 12.6. The molecular formula is C21H12N2O6S. The predicted molar refractivity (Wildman–Crippen MR) is 111 cm³/mol. The third kappa shape index (κ3) is 3.65. The molecule has 3 aromatic carbocycles. The van der Waals surface area contributed by atoms with E-state index in [1.807, 2.05) is 12.1 Å². The molecule has 0 amide bonds. The summed E-state index contributed by atoms with van der Waals surface area (Å²) in [6.45, 7) is 0. The molecule has 0 N–H and O–H groups in total. The number of hydrogen-bond acceptors (Lipinski definition) is 7. The van der Waals surface area contributed by atoms with Crippen molar-refractivity contribution in [3.8, 4) is 11.5 Å². The van der Waals surface area contributed by atoms with Gasteiger partial charge in [0.15, 0.2) is 0 Å². The Hall–Kier alpha value is -3.98. The molecule has 0 radical (unpaired) electrons. The van der Waals surface area contributed by atoms with Crippen LogP contribution in [0.2, 0.25) is 0 Å². The Balaban J connectivity index is 1.70. The normalized spacial score (nSPS) is 13.9. The van der Waals surface area contributed by atoms with E-state index in [9.17, 15) is 25.0 Å². The Bertz CT molecular complexity index is 1240. The van der Waals surface area contributed by atoms with Gasteiger partial charge in [0.25, 0.3) is 5.69 Å². The number of nitrogens with zero attached hydrogens (tertiary/aromatic N) is 2. The third-order valence-corrected chi connectivity index (χ3v) is 5.45. The summed E-state index contributed by atoms with van der Waals surface area (Å²) in [5.74, 6) is 0.0446. The molecule has 0 unspecified atom stereocenters. The molecule has 0 atom stereocenters. The zero-order chi connectivity index (χ0) is 21.3. The van der Waals surface area contributed by atoms with Crippen molar-refractivity contribution >= 4 is 35.0 Å². The number of carbonyl (C=O) groups excluding carboxylic acids is 1. The number of fused-ring (bicyclic) bond motifs is 1. The number of hydrogen-bond donors (Lipinski definition) is 0. The molecule has 1 heterocycles. The van der Waals surface area contributed by atoms with Crippen LogP contribution in [0.15, 0.2) is 76.5 Å². The van der Waals surface area contributed by atoms with Gasteiger partial charge in [-0.15, -0.1) is 0 Å². The number of carbonyl (C=O) groups is 1. The average Bonchev–Trinajstić information content (AvgIpc) is 3.05. The largest absolute Gasteiger partial charge is 0.449 e. The summed E-state index contributed by atoms with van der Waals surface area (Å²) in [6.07, 6.45) is 1.67. The molecule has 0 saturated carbocycles. The molecule has 0 bridgehead atoms. The molecule has 0 saturated heterocycles. The van der Waals surface area contributed by atoms with Gasteiger partial charge >= 0.3 is 5.69 Å². The van der Waals surface area contributed by atoms with Crippen molar-refractivity contribution in [3.05, 3.63) is 103 Å². The molecule has 0 fully saturated rings. The third-order valence-electron chi connectivity index (χ3n) is 4.35. The lowest BCUT2D eigenvalue weighted by Gasteiger charge is -2.09. The number of para-hydroxylation sites is 1. The first-order valence-electron chi connectivity index (χ1n) is 8.67. The Morgan fingerprint density at radius 1 is 0.867 bits per heavy atom. The van der Waals surface area contributed by atoms with Gasteiger partial charge in [0.2, 0.25) is 11.5 Å². The molecule has 4 rings (SSSR count). The fourth-order valence-corrected chi connectivity index (χ4v) is 3.98. The van der Waals surface area contributed by atoms with Gasteiger partial charge in [0.1, 0.15) is 5.75 Å². The Morgan fingerprint density at radius 2 is 1.60 bits per heavy atom. The number of allylic oxidation sites excluding steroid dienone is 1.